The van der Waals surface area contributed by atoms with Gasteiger partial charge < -0.3 is 9.80 Å². The Bertz CT molecular complexity index is 863. The van der Waals surface area contributed by atoms with E-state index in [1.807, 2.05) is 15.9 Å². The first-order chi connectivity index (χ1) is 11.9. The Morgan fingerprint density at radius 3 is 2.36 bits per heavy atom. The van der Waals surface area contributed by atoms with Crippen molar-refractivity contribution in [3.8, 4) is 6.07 Å². The average Bonchev–Trinajstić information content (AvgIpc) is 3.24. The molecule has 0 spiro atoms. The Balaban J connectivity index is 2.10. The number of carbonyl (C=O) groups excluding carboxylic acids is 1. The predicted octanol–water partition coefficient (Wildman–Crippen LogP) is -0.0646. The maximum Gasteiger partial charge on any atom is 0.332 e. The SMILES string of the molecule is CC(=O)N1CCC[C@H]1[C@H]1CCCN1c1c(C#N)c(=O)n(C)c(=O)n1C. The molecule has 0 N–H and O–H groups in total. The lowest BCUT2D eigenvalue weighted by molar-refractivity contribution is -0.129. The number of hydrogen-bond donors (Lipinski definition) is 0. The van der Waals surface area contributed by atoms with E-state index in [4.69, 9.17) is 0 Å². The van der Waals surface area contributed by atoms with E-state index in [0.717, 1.165) is 36.8 Å². The van der Waals surface area contributed by atoms with Gasteiger partial charge in [-0.05, 0) is 25.7 Å². The minimum Gasteiger partial charge on any atom is -0.352 e. The van der Waals surface area contributed by atoms with Crippen LogP contribution in [0.5, 0.6) is 0 Å². The molecule has 0 bridgehead atoms. The highest BCUT2D eigenvalue weighted by Gasteiger charge is 2.40. The highest BCUT2D eigenvalue weighted by molar-refractivity contribution is 5.74. The zero-order valence-corrected chi connectivity index (χ0v) is 14.9. The number of rotatable bonds is 2. The van der Waals surface area contributed by atoms with Crippen molar-refractivity contribution in [3.05, 3.63) is 26.4 Å². The third-order valence-electron chi connectivity index (χ3n) is 5.46. The van der Waals surface area contributed by atoms with E-state index in [0.29, 0.717) is 12.4 Å². The van der Waals surface area contributed by atoms with Crippen LogP contribution in [0.15, 0.2) is 9.59 Å². The number of amides is 1. The number of hydrogen-bond acceptors (Lipinski definition) is 5. The molecule has 2 atom stereocenters. The maximum absolute atomic E-state index is 12.4. The van der Waals surface area contributed by atoms with Crippen molar-refractivity contribution < 1.29 is 4.79 Å². The average molecular weight is 345 g/mol. The van der Waals surface area contributed by atoms with E-state index in [-0.39, 0.29) is 23.6 Å². The molecule has 1 amide bonds. The van der Waals surface area contributed by atoms with Crippen LogP contribution in [0.1, 0.15) is 38.2 Å². The molecule has 0 unspecified atom stereocenters. The fraction of sp³-hybridized carbons (Fsp3) is 0.647. The molecule has 0 saturated carbocycles. The van der Waals surface area contributed by atoms with Crippen molar-refractivity contribution in [3.63, 3.8) is 0 Å². The molecule has 8 heteroatoms. The molecular formula is C17H23N5O3. The van der Waals surface area contributed by atoms with Gasteiger partial charge in [-0.15, -0.1) is 0 Å². The summed E-state index contributed by atoms with van der Waals surface area (Å²) in [5.74, 6) is 0.432. The van der Waals surface area contributed by atoms with Gasteiger partial charge in [0.25, 0.3) is 5.56 Å². The molecule has 1 aromatic heterocycles. The van der Waals surface area contributed by atoms with E-state index in [1.54, 1.807) is 14.0 Å². The normalized spacial score (nSPS) is 23.1. The van der Waals surface area contributed by atoms with Crippen LogP contribution in [0.25, 0.3) is 0 Å². The second-order valence-electron chi connectivity index (χ2n) is 6.84. The highest BCUT2D eigenvalue weighted by atomic mass is 16.2. The lowest BCUT2D eigenvalue weighted by atomic mass is 10.0. The molecule has 0 aliphatic carbocycles. The Labute approximate surface area is 145 Å². The summed E-state index contributed by atoms with van der Waals surface area (Å²) in [7, 11) is 2.97. The van der Waals surface area contributed by atoms with Crippen LogP contribution in [0.4, 0.5) is 5.82 Å². The van der Waals surface area contributed by atoms with Crippen LogP contribution in [0.3, 0.4) is 0 Å². The standard InChI is InChI=1S/C17H23N5O3/c1-11(23)21-8-4-6-13(21)14-7-5-9-22(14)15-12(10-18)16(24)20(3)17(25)19(15)2/h13-14H,4-9H2,1-3H3/t13-,14+/m0/s1. The second-order valence-corrected chi connectivity index (χ2v) is 6.84. The van der Waals surface area contributed by atoms with Crippen LogP contribution >= 0.6 is 0 Å². The Morgan fingerprint density at radius 2 is 1.72 bits per heavy atom. The van der Waals surface area contributed by atoms with Gasteiger partial charge in [0.15, 0.2) is 5.56 Å². The van der Waals surface area contributed by atoms with Gasteiger partial charge in [-0.1, -0.05) is 0 Å². The van der Waals surface area contributed by atoms with E-state index in [2.05, 4.69) is 0 Å². The molecule has 8 nitrogen and oxygen atoms in total. The summed E-state index contributed by atoms with van der Waals surface area (Å²) in [4.78, 5) is 40.6. The predicted molar refractivity (Wildman–Crippen MR) is 92.4 cm³/mol. The second kappa shape index (κ2) is 6.39. The zero-order chi connectivity index (χ0) is 18.3. The first-order valence-electron chi connectivity index (χ1n) is 8.62. The fourth-order valence-corrected chi connectivity index (χ4v) is 4.31. The van der Waals surface area contributed by atoms with Crippen molar-refractivity contribution in [1.82, 2.24) is 14.0 Å². The molecule has 2 fully saturated rings. The minimum atomic E-state index is -0.568. The number of aromatic nitrogens is 2. The molecule has 2 aliphatic heterocycles. The van der Waals surface area contributed by atoms with Gasteiger partial charge in [-0.25, -0.2) is 4.79 Å². The first kappa shape index (κ1) is 17.3. The topological polar surface area (TPSA) is 91.3 Å². The molecule has 2 aliphatic rings. The van der Waals surface area contributed by atoms with Gasteiger partial charge >= 0.3 is 5.69 Å². The highest BCUT2D eigenvalue weighted by Crippen LogP contribution is 2.33. The molecule has 1 aromatic rings. The Kier molecular flexibility index (Phi) is 4.41. The summed E-state index contributed by atoms with van der Waals surface area (Å²) in [6.45, 7) is 2.99. The fourth-order valence-electron chi connectivity index (χ4n) is 4.31. The van der Waals surface area contributed by atoms with Crippen LogP contribution < -0.4 is 16.1 Å². The number of likely N-dealkylation sites (tertiary alicyclic amines) is 1. The van der Waals surface area contributed by atoms with Crippen molar-refractivity contribution in [2.75, 3.05) is 18.0 Å². The maximum atomic E-state index is 12.4. The van der Waals surface area contributed by atoms with Crippen LogP contribution in [-0.4, -0.2) is 45.1 Å². The summed E-state index contributed by atoms with van der Waals surface area (Å²) in [5, 5.41) is 9.52. The van der Waals surface area contributed by atoms with Crippen molar-refractivity contribution in [1.29, 1.82) is 5.26 Å². The first-order valence-corrected chi connectivity index (χ1v) is 8.62. The van der Waals surface area contributed by atoms with Crippen LogP contribution in [0.2, 0.25) is 0 Å². The van der Waals surface area contributed by atoms with Gasteiger partial charge in [0, 0.05) is 34.1 Å². The van der Waals surface area contributed by atoms with Gasteiger partial charge in [-0.3, -0.25) is 18.7 Å². The van der Waals surface area contributed by atoms with Crippen LogP contribution in [0, 0.1) is 11.3 Å². The van der Waals surface area contributed by atoms with Gasteiger partial charge in [0.05, 0.1) is 12.1 Å². The molecule has 0 aromatic carbocycles. The monoisotopic (exact) mass is 345 g/mol. The molecule has 0 radical (unpaired) electrons. The van der Waals surface area contributed by atoms with Gasteiger partial charge in [0.1, 0.15) is 11.9 Å². The summed E-state index contributed by atoms with van der Waals surface area (Å²) < 4.78 is 2.34. The van der Waals surface area contributed by atoms with E-state index < -0.39 is 11.2 Å². The zero-order valence-electron chi connectivity index (χ0n) is 14.9. The largest absolute Gasteiger partial charge is 0.352 e. The quantitative estimate of drug-likeness (QED) is 0.749. The molecule has 25 heavy (non-hydrogen) atoms. The summed E-state index contributed by atoms with van der Waals surface area (Å²) >= 11 is 0. The smallest absolute Gasteiger partial charge is 0.332 e. The number of nitriles is 1. The van der Waals surface area contributed by atoms with Crippen molar-refractivity contribution in [2.24, 2.45) is 14.1 Å². The Hall–Kier alpha value is -2.56. The minimum absolute atomic E-state index is 0.0103. The third-order valence-corrected chi connectivity index (χ3v) is 5.46. The van der Waals surface area contributed by atoms with Gasteiger partial charge in [-0.2, -0.15) is 5.26 Å². The molecule has 3 heterocycles. The summed E-state index contributed by atoms with van der Waals surface area (Å²) in [5.41, 5.74) is -1.02. The van der Waals surface area contributed by atoms with Crippen LogP contribution in [-0.2, 0) is 18.9 Å². The molecule has 2 saturated heterocycles. The molecule has 3 rings (SSSR count). The lowest BCUT2D eigenvalue weighted by Crippen LogP contribution is -2.50. The van der Waals surface area contributed by atoms with E-state index in [1.165, 1.54) is 11.6 Å². The van der Waals surface area contributed by atoms with Gasteiger partial charge in [0.2, 0.25) is 5.91 Å². The number of nitrogens with zero attached hydrogens (tertiary/aromatic N) is 5. The molecule has 134 valence electrons. The summed E-state index contributed by atoms with van der Waals surface area (Å²) in [6, 6.07) is 2.06. The lowest BCUT2D eigenvalue weighted by Gasteiger charge is -2.36. The molecular weight excluding hydrogens is 322 g/mol. The number of carbonyl (C=O) groups is 1. The number of anilines is 1. The van der Waals surface area contributed by atoms with E-state index in [9.17, 15) is 19.6 Å². The van der Waals surface area contributed by atoms with Crippen molar-refractivity contribution in [2.45, 2.75) is 44.7 Å². The van der Waals surface area contributed by atoms with E-state index >= 15 is 0 Å². The van der Waals surface area contributed by atoms with Crippen molar-refractivity contribution >= 4 is 11.7 Å². The third kappa shape index (κ3) is 2.64. The summed E-state index contributed by atoms with van der Waals surface area (Å²) in [6.07, 6.45) is 3.64. The Morgan fingerprint density at radius 1 is 1.08 bits per heavy atom.